The lowest BCUT2D eigenvalue weighted by Crippen LogP contribution is -2.52. The van der Waals surface area contributed by atoms with E-state index in [9.17, 15) is 22.8 Å². The molecule has 1 aliphatic carbocycles. The molecule has 0 unspecified atom stereocenters. The van der Waals surface area contributed by atoms with Gasteiger partial charge in [0.1, 0.15) is 0 Å². The van der Waals surface area contributed by atoms with Crippen molar-refractivity contribution in [2.24, 2.45) is 0 Å². The van der Waals surface area contributed by atoms with Crippen molar-refractivity contribution < 1.29 is 32.7 Å². The predicted molar refractivity (Wildman–Crippen MR) is 105 cm³/mol. The van der Waals surface area contributed by atoms with Crippen molar-refractivity contribution in [3.8, 4) is 0 Å². The summed E-state index contributed by atoms with van der Waals surface area (Å²) in [6, 6.07) is 3.86. The molecular weight excluding hydrogens is 417 g/mol. The second-order valence-electron chi connectivity index (χ2n) is 7.63. The Bertz CT molecular complexity index is 765. The number of amides is 3. The molecule has 2 aliphatic rings. The fraction of sp³-hybridized carbons (Fsp3) is 0.600. The fourth-order valence-corrected chi connectivity index (χ4v) is 4.13. The van der Waals surface area contributed by atoms with Gasteiger partial charge in [-0.15, -0.1) is 0 Å². The van der Waals surface area contributed by atoms with Crippen LogP contribution in [-0.4, -0.2) is 57.2 Å². The third kappa shape index (κ3) is 6.83. The SMILES string of the molecule is CCN1C(=O)CCC12CCC(NC(=O)NCc1cccnc1)CC2.O=C(O)C(F)(F)F. The first-order valence-electron chi connectivity index (χ1n) is 10.1. The number of aromatic nitrogens is 1. The number of carboxylic acids is 1. The first kappa shape index (κ1) is 24.4. The number of hydrogen-bond acceptors (Lipinski definition) is 4. The van der Waals surface area contributed by atoms with Crippen molar-refractivity contribution in [1.82, 2.24) is 20.5 Å². The van der Waals surface area contributed by atoms with Gasteiger partial charge in [0, 0.05) is 43.5 Å². The van der Waals surface area contributed by atoms with Gasteiger partial charge >= 0.3 is 18.2 Å². The number of aliphatic carboxylic acids is 1. The molecule has 3 N–H and O–H groups in total. The average Bonchev–Trinajstić information content (AvgIpc) is 3.04. The number of likely N-dealkylation sites (tertiary alicyclic amines) is 1. The minimum absolute atomic E-state index is 0.0518. The lowest BCUT2D eigenvalue weighted by molar-refractivity contribution is -0.192. The summed E-state index contributed by atoms with van der Waals surface area (Å²) in [4.78, 5) is 39.1. The molecule has 11 heteroatoms. The molecule has 3 rings (SSSR count). The van der Waals surface area contributed by atoms with Gasteiger partial charge in [-0.05, 0) is 50.7 Å². The summed E-state index contributed by atoms with van der Waals surface area (Å²) in [6.45, 7) is 3.33. The van der Waals surface area contributed by atoms with E-state index in [2.05, 4.69) is 27.4 Å². The number of halogens is 3. The molecule has 1 aromatic rings. The number of carboxylic acid groups (broad SMARTS) is 1. The molecule has 0 aromatic carbocycles. The highest BCUT2D eigenvalue weighted by Gasteiger charge is 2.46. The quantitative estimate of drug-likeness (QED) is 0.661. The lowest BCUT2D eigenvalue weighted by Gasteiger charge is -2.43. The van der Waals surface area contributed by atoms with Crippen LogP contribution in [0.1, 0.15) is 51.0 Å². The molecule has 3 amide bonds. The maximum atomic E-state index is 12.1. The number of urea groups is 1. The summed E-state index contributed by atoms with van der Waals surface area (Å²) < 4.78 is 31.7. The minimum atomic E-state index is -5.08. The zero-order valence-electron chi connectivity index (χ0n) is 17.2. The molecule has 0 atom stereocenters. The Labute approximate surface area is 178 Å². The number of carbonyl (C=O) groups is 3. The van der Waals surface area contributed by atoms with E-state index in [0.717, 1.165) is 44.2 Å². The van der Waals surface area contributed by atoms with Gasteiger partial charge in [-0.25, -0.2) is 9.59 Å². The normalized spacial score (nSPS) is 23.2. The van der Waals surface area contributed by atoms with Gasteiger partial charge in [0.15, 0.2) is 0 Å². The van der Waals surface area contributed by atoms with Crippen molar-refractivity contribution in [2.75, 3.05) is 6.54 Å². The number of carbonyl (C=O) groups excluding carboxylic acids is 2. The summed E-state index contributed by atoms with van der Waals surface area (Å²) in [5.74, 6) is -2.47. The third-order valence-electron chi connectivity index (χ3n) is 5.66. The Balaban J connectivity index is 0.000000423. The fourth-order valence-electron chi connectivity index (χ4n) is 4.13. The average molecular weight is 444 g/mol. The number of nitrogens with one attached hydrogen (secondary N) is 2. The molecule has 1 aliphatic heterocycles. The molecule has 2 fully saturated rings. The summed E-state index contributed by atoms with van der Waals surface area (Å²) >= 11 is 0. The number of rotatable bonds is 4. The highest BCUT2D eigenvalue weighted by atomic mass is 19.4. The van der Waals surface area contributed by atoms with Gasteiger partial charge in [0.05, 0.1) is 0 Å². The number of nitrogens with zero attached hydrogens (tertiary/aromatic N) is 2. The van der Waals surface area contributed by atoms with Gasteiger partial charge in [0.25, 0.3) is 0 Å². The zero-order chi connectivity index (χ0) is 23.1. The Morgan fingerprint density at radius 2 is 1.94 bits per heavy atom. The number of alkyl halides is 3. The molecule has 8 nitrogen and oxygen atoms in total. The number of hydrogen-bond donors (Lipinski definition) is 3. The predicted octanol–water partition coefficient (Wildman–Crippen LogP) is 2.84. The third-order valence-corrected chi connectivity index (χ3v) is 5.66. The van der Waals surface area contributed by atoms with Crippen molar-refractivity contribution in [1.29, 1.82) is 0 Å². The first-order valence-corrected chi connectivity index (χ1v) is 10.1. The van der Waals surface area contributed by atoms with Crippen LogP contribution >= 0.6 is 0 Å². The second kappa shape index (κ2) is 10.5. The maximum absolute atomic E-state index is 12.1. The largest absolute Gasteiger partial charge is 0.490 e. The van der Waals surface area contributed by atoms with Crippen LogP contribution in [0.5, 0.6) is 0 Å². The van der Waals surface area contributed by atoms with Gasteiger partial charge in [-0.3, -0.25) is 9.78 Å². The van der Waals surface area contributed by atoms with Gasteiger partial charge in [-0.1, -0.05) is 6.07 Å². The molecule has 2 heterocycles. The monoisotopic (exact) mass is 444 g/mol. The van der Waals surface area contributed by atoms with E-state index < -0.39 is 12.1 Å². The molecular formula is C20H27F3N4O4. The molecule has 1 aromatic heterocycles. The zero-order valence-corrected chi connectivity index (χ0v) is 17.2. The van der Waals surface area contributed by atoms with Crippen LogP contribution in [0.4, 0.5) is 18.0 Å². The van der Waals surface area contributed by atoms with Gasteiger partial charge in [-0.2, -0.15) is 13.2 Å². The standard InChI is InChI=1S/C18H26N4O2.C2HF3O2/c1-2-22-16(23)7-10-18(22)8-5-15(6-9-18)21-17(24)20-13-14-4-3-11-19-12-14;3-2(4,5)1(6)7/h3-4,11-12,15H,2,5-10,13H2,1H3,(H2,20,21,24);(H,6,7). The highest BCUT2D eigenvalue weighted by Crippen LogP contribution is 2.42. The molecule has 0 bridgehead atoms. The molecule has 31 heavy (non-hydrogen) atoms. The van der Waals surface area contributed by atoms with Crippen LogP contribution < -0.4 is 10.6 Å². The van der Waals surface area contributed by atoms with Gasteiger partial charge < -0.3 is 20.6 Å². The van der Waals surface area contributed by atoms with Crippen molar-refractivity contribution in [2.45, 2.75) is 69.8 Å². The first-order chi connectivity index (χ1) is 14.6. The highest BCUT2D eigenvalue weighted by molar-refractivity contribution is 5.79. The molecule has 1 saturated carbocycles. The minimum Gasteiger partial charge on any atom is -0.475 e. The summed E-state index contributed by atoms with van der Waals surface area (Å²) in [5.41, 5.74) is 1.04. The van der Waals surface area contributed by atoms with Crippen molar-refractivity contribution >= 4 is 17.9 Å². The van der Waals surface area contributed by atoms with Crippen molar-refractivity contribution in [3.05, 3.63) is 30.1 Å². The molecule has 172 valence electrons. The Morgan fingerprint density at radius 1 is 1.29 bits per heavy atom. The smallest absolute Gasteiger partial charge is 0.475 e. The summed E-state index contributed by atoms with van der Waals surface area (Å²) in [6.07, 6.45) is 3.88. The second-order valence-corrected chi connectivity index (χ2v) is 7.63. The van der Waals surface area contributed by atoms with E-state index in [-0.39, 0.29) is 23.5 Å². The van der Waals surface area contributed by atoms with E-state index >= 15 is 0 Å². The Morgan fingerprint density at radius 3 is 2.45 bits per heavy atom. The Kier molecular flexibility index (Phi) is 8.23. The van der Waals surface area contributed by atoms with E-state index in [0.29, 0.717) is 13.0 Å². The molecule has 1 spiro atoms. The van der Waals surface area contributed by atoms with Crippen LogP contribution in [-0.2, 0) is 16.1 Å². The maximum Gasteiger partial charge on any atom is 0.490 e. The van der Waals surface area contributed by atoms with E-state index in [1.807, 2.05) is 12.1 Å². The lowest BCUT2D eigenvalue weighted by atomic mass is 9.77. The van der Waals surface area contributed by atoms with E-state index in [1.54, 1.807) is 12.4 Å². The van der Waals surface area contributed by atoms with Crippen LogP contribution in [0, 0.1) is 0 Å². The van der Waals surface area contributed by atoms with Crippen LogP contribution in [0.2, 0.25) is 0 Å². The summed E-state index contributed by atoms with van der Waals surface area (Å²) in [7, 11) is 0. The topological polar surface area (TPSA) is 112 Å². The number of pyridine rings is 1. The molecule has 0 radical (unpaired) electrons. The van der Waals surface area contributed by atoms with E-state index in [4.69, 9.17) is 9.90 Å². The van der Waals surface area contributed by atoms with Crippen LogP contribution in [0.25, 0.3) is 0 Å². The van der Waals surface area contributed by atoms with Crippen molar-refractivity contribution in [3.63, 3.8) is 0 Å². The summed E-state index contributed by atoms with van der Waals surface area (Å²) in [5, 5.41) is 13.1. The molecule has 1 saturated heterocycles. The van der Waals surface area contributed by atoms with Crippen LogP contribution in [0.3, 0.4) is 0 Å². The van der Waals surface area contributed by atoms with Gasteiger partial charge in [0.2, 0.25) is 5.91 Å². The van der Waals surface area contributed by atoms with Crippen LogP contribution in [0.15, 0.2) is 24.5 Å². The van der Waals surface area contributed by atoms with E-state index in [1.165, 1.54) is 0 Å². The Hall–Kier alpha value is -2.85.